The average molecular weight is 396 g/mol. The molecule has 2 aromatic rings. The van der Waals surface area contributed by atoms with Gasteiger partial charge in [-0.25, -0.2) is 0 Å². The lowest BCUT2D eigenvalue weighted by Crippen LogP contribution is -2.49. The zero-order valence-electron chi connectivity index (χ0n) is 16.5. The van der Waals surface area contributed by atoms with Crippen LogP contribution in [-0.4, -0.2) is 37.2 Å². The number of halogens is 1. The second kappa shape index (κ2) is 7.16. The van der Waals surface area contributed by atoms with Crippen LogP contribution < -0.4 is 0 Å². The lowest BCUT2D eigenvalue weighted by Gasteiger charge is -2.51. The molecule has 1 saturated heterocycles. The van der Waals surface area contributed by atoms with E-state index in [1.165, 1.54) is 32.2 Å². The lowest BCUT2D eigenvalue weighted by atomic mass is 9.53. The van der Waals surface area contributed by atoms with Crippen LogP contribution in [0.15, 0.2) is 48.5 Å². The first kappa shape index (κ1) is 18.7. The molecular weight excluding hydrogens is 366 g/mol. The fraction of sp³-hybridized carbons (Fsp3) is 0.520. The molecule has 148 valence electrons. The van der Waals surface area contributed by atoms with Gasteiger partial charge in [0.25, 0.3) is 0 Å². The fourth-order valence-electron chi connectivity index (χ4n) is 6.20. The SMILES string of the molecule is Cl.c1ccc2c(c1)C1CCC2(CC2CN(CC3CC3)CCO2)c2ccccc21. The molecule has 1 atom stereocenters. The number of hydrogen-bond donors (Lipinski definition) is 0. The third-order valence-corrected chi connectivity index (χ3v) is 7.58. The largest absolute Gasteiger partial charge is 0.376 e. The van der Waals surface area contributed by atoms with Gasteiger partial charge >= 0.3 is 0 Å². The highest BCUT2D eigenvalue weighted by molar-refractivity contribution is 5.85. The Hall–Kier alpha value is -1.35. The molecule has 28 heavy (non-hydrogen) atoms. The van der Waals surface area contributed by atoms with Crippen LogP contribution in [0.5, 0.6) is 0 Å². The second-order valence-corrected chi connectivity index (χ2v) is 9.25. The Labute approximate surface area is 174 Å². The Morgan fingerprint density at radius 1 is 0.929 bits per heavy atom. The van der Waals surface area contributed by atoms with Crippen LogP contribution in [0.3, 0.4) is 0 Å². The molecule has 3 heteroatoms. The van der Waals surface area contributed by atoms with Crippen LogP contribution in [0, 0.1) is 5.92 Å². The molecule has 0 N–H and O–H groups in total. The van der Waals surface area contributed by atoms with E-state index in [1.807, 2.05) is 0 Å². The van der Waals surface area contributed by atoms with E-state index < -0.39 is 0 Å². The molecular formula is C25H30ClNO. The predicted molar refractivity (Wildman–Crippen MR) is 116 cm³/mol. The highest BCUT2D eigenvalue weighted by Gasteiger charge is 2.49. The summed E-state index contributed by atoms with van der Waals surface area (Å²) in [6.45, 7) is 4.43. The van der Waals surface area contributed by atoms with E-state index in [9.17, 15) is 0 Å². The summed E-state index contributed by atoms with van der Waals surface area (Å²) in [7, 11) is 0. The van der Waals surface area contributed by atoms with Crippen LogP contribution in [0.4, 0.5) is 0 Å². The Bertz CT molecular complexity index is 814. The molecule has 5 aliphatic rings. The minimum atomic E-state index is 0. The number of rotatable bonds is 4. The maximum absolute atomic E-state index is 6.35. The number of morpholine rings is 1. The number of nitrogens with zero attached hydrogens (tertiary/aromatic N) is 1. The molecule has 2 nitrogen and oxygen atoms in total. The van der Waals surface area contributed by atoms with Gasteiger partial charge in [0.1, 0.15) is 0 Å². The summed E-state index contributed by atoms with van der Waals surface area (Å²) in [5.74, 6) is 1.56. The summed E-state index contributed by atoms with van der Waals surface area (Å²) in [5.41, 5.74) is 6.47. The molecule has 0 spiro atoms. The van der Waals surface area contributed by atoms with Crippen LogP contribution in [0.25, 0.3) is 0 Å². The van der Waals surface area contributed by atoms with Gasteiger partial charge in [0.2, 0.25) is 0 Å². The van der Waals surface area contributed by atoms with Gasteiger partial charge in [-0.15, -0.1) is 12.4 Å². The van der Waals surface area contributed by atoms with E-state index >= 15 is 0 Å². The molecule has 0 amide bonds. The van der Waals surface area contributed by atoms with Crippen molar-refractivity contribution in [2.75, 3.05) is 26.2 Å². The van der Waals surface area contributed by atoms with E-state index in [2.05, 4.69) is 53.4 Å². The molecule has 1 unspecified atom stereocenters. The standard InChI is InChI=1S/C25H29NO.ClH/c1-3-7-23-21(5-1)20-11-12-25(23,24-8-4-2-6-22(20)24)15-19-17-26(13-14-27-19)16-18-9-10-18;/h1-8,18-20H,9-17H2;1H. The summed E-state index contributed by atoms with van der Waals surface area (Å²) < 4.78 is 6.35. The van der Waals surface area contributed by atoms with Crippen molar-refractivity contribution >= 4 is 12.4 Å². The highest BCUT2D eigenvalue weighted by atomic mass is 35.5. The predicted octanol–water partition coefficient (Wildman–Crippen LogP) is 5.13. The van der Waals surface area contributed by atoms with Crippen molar-refractivity contribution in [2.24, 2.45) is 5.92 Å². The van der Waals surface area contributed by atoms with E-state index in [4.69, 9.17) is 4.74 Å². The smallest absolute Gasteiger partial charge is 0.0714 e. The molecule has 1 aliphatic heterocycles. The molecule has 2 bridgehead atoms. The maximum atomic E-state index is 6.35. The lowest BCUT2D eigenvalue weighted by molar-refractivity contribution is -0.0429. The van der Waals surface area contributed by atoms with Crippen molar-refractivity contribution < 1.29 is 4.74 Å². The van der Waals surface area contributed by atoms with Crippen molar-refractivity contribution in [2.45, 2.75) is 49.5 Å². The quantitative estimate of drug-likeness (QED) is 0.711. The van der Waals surface area contributed by atoms with Gasteiger partial charge in [-0.3, -0.25) is 4.90 Å². The summed E-state index contributed by atoms with van der Waals surface area (Å²) in [4.78, 5) is 2.68. The molecule has 2 fully saturated rings. The number of hydrogen-bond acceptors (Lipinski definition) is 2. The first-order valence-electron chi connectivity index (χ1n) is 10.9. The van der Waals surface area contributed by atoms with Crippen LogP contribution in [-0.2, 0) is 10.2 Å². The van der Waals surface area contributed by atoms with Crippen molar-refractivity contribution in [3.63, 3.8) is 0 Å². The Morgan fingerprint density at radius 3 is 2.29 bits per heavy atom. The number of ether oxygens (including phenoxy) is 1. The van der Waals surface area contributed by atoms with Gasteiger partial charge in [-0.2, -0.15) is 0 Å². The average Bonchev–Trinajstić information content (AvgIpc) is 3.53. The minimum Gasteiger partial charge on any atom is -0.376 e. The molecule has 1 saturated carbocycles. The third-order valence-electron chi connectivity index (χ3n) is 7.58. The Morgan fingerprint density at radius 2 is 1.61 bits per heavy atom. The van der Waals surface area contributed by atoms with Crippen LogP contribution in [0.1, 0.15) is 60.3 Å². The van der Waals surface area contributed by atoms with E-state index in [-0.39, 0.29) is 17.8 Å². The van der Waals surface area contributed by atoms with Gasteiger partial charge in [0, 0.05) is 31.0 Å². The summed E-state index contributed by atoms with van der Waals surface area (Å²) in [6.07, 6.45) is 6.92. The zero-order valence-corrected chi connectivity index (χ0v) is 17.3. The Balaban J connectivity index is 0.00000171. The topological polar surface area (TPSA) is 12.5 Å². The van der Waals surface area contributed by atoms with Crippen molar-refractivity contribution in [1.82, 2.24) is 4.90 Å². The van der Waals surface area contributed by atoms with E-state index in [0.29, 0.717) is 12.0 Å². The van der Waals surface area contributed by atoms with Gasteiger partial charge < -0.3 is 4.74 Å². The summed E-state index contributed by atoms with van der Waals surface area (Å²) in [5, 5.41) is 0. The van der Waals surface area contributed by atoms with E-state index in [0.717, 1.165) is 32.0 Å². The third kappa shape index (κ3) is 2.93. The first-order chi connectivity index (χ1) is 13.3. The van der Waals surface area contributed by atoms with Gasteiger partial charge in [-0.1, -0.05) is 48.5 Å². The van der Waals surface area contributed by atoms with Crippen molar-refractivity contribution in [3.8, 4) is 0 Å². The van der Waals surface area contributed by atoms with E-state index in [1.54, 1.807) is 22.3 Å². The number of fused-ring (bicyclic) bond motifs is 1. The van der Waals surface area contributed by atoms with Gasteiger partial charge in [-0.05, 0) is 60.3 Å². The maximum Gasteiger partial charge on any atom is 0.0714 e. The zero-order chi connectivity index (χ0) is 17.8. The highest BCUT2D eigenvalue weighted by Crippen LogP contribution is 2.58. The van der Waals surface area contributed by atoms with Crippen molar-refractivity contribution in [3.05, 3.63) is 70.8 Å². The monoisotopic (exact) mass is 395 g/mol. The van der Waals surface area contributed by atoms with Crippen LogP contribution >= 0.6 is 12.4 Å². The number of benzene rings is 2. The van der Waals surface area contributed by atoms with Gasteiger partial charge in [0.05, 0.1) is 12.7 Å². The fourth-order valence-corrected chi connectivity index (χ4v) is 6.20. The second-order valence-electron chi connectivity index (χ2n) is 9.25. The molecule has 1 heterocycles. The van der Waals surface area contributed by atoms with Crippen molar-refractivity contribution in [1.29, 1.82) is 0 Å². The molecule has 4 aliphatic carbocycles. The van der Waals surface area contributed by atoms with Crippen LogP contribution in [0.2, 0.25) is 0 Å². The summed E-state index contributed by atoms with van der Waals surface area (Å²) >= 11 is 0. The molecule has 0 radical (unpaired) electrons. The minimum absolute atomic E-state index is 0. The molecule has 0 aromatic heterocycles. The normalized spacial score (nSPS) is 31.0. The molecule has 2 aromatic carbocycles. The Kier molecular flexibility index (Phi) is 4.77. The molecule has 7 rings (SSSR count). The summed E-state index contributed by atoms with van der Waals surface area (Å²) in [6, 6.07) is 18.5. The first-order valence-corrected chi connectivity index (χ1v) is 10.9. The van der Waals surface area contributed by atoms with Gasteiger partial charge in [0.15, 0.2) is 0 Å².